The maximum Gasteiger partial charge on any atom is 0.227 e. The molecule has 1 fully saturated rings. The van der Waals surface area contributed by atoms with E-state index in [0.717, 1.165) is 36.5 Å². The quantitative estimate of drug-likeness (QED) is 0.849. The molecule has 0 N–H and O–H groups in total. The molecule has 1 amide bonds. The van der Waals surface area contributed by atoms with Gasteiger partial charge in [-0.05, 0) is 37.8 Å². The van der Waals surface area contributed by atoms with E-state index in [9.17, 15) is 9.18 Å². The fourth-order valence-electron chi connectivity index (χ4n) is 2.85. The third-order valence-electron chi connectivity index (χ3n) is 4.45. The van der Waals surface area contributed by atoms with Crippen LogP contribution in [0.4, 0.5) is 4.39 Å². The Hall–Kier alpha value is -1.75. The zero-order chi connectivity index (χ0) is 16.4. The number of benzene rings is 1. The Labute approximate surface area is 140 Å². The number of amides is 1. The Kier molecular flexibility index (Phi) is 4.76. The number of aromatic nitrogens is 1. The molecular weight excluding hydrogens is 311 g/mol. The molecule has 0 saturated carbocycles. The minimum atomic E-state index is -0.274. The Bertz CT molecular complexity index is 705. The molecule has 0 bridgehead atoms. The lowest BCUT2D eigenvalue weighted by molar-refractivity contribution is -0.131. The van der Waals surface area contributed by atoms with Gasteiger partial charge in [0.15, 0.2) is 0 Å². The Morgan fingerprint density at radius 3 is 2.74 bits per heavy atom. The molecule has 2 aromatic rings. The number of hydrogen-bond donors (Lipinski definition) is 0. The molecule has 122 valence electrons. The molecule has 1 saturated heterocycles. The number of piperidine rings is 1. The normalized spacial score (nSPS) is 15.9. The van der Waals surface area contributed by atoms with Crippen LogP contribution in [0, 0.1) is 18.7 Å². The second kappa shape index (κ2) is 6.79. The van der Waals surface area contributed by atoms with Gasteiger partial charge >= 0.3 is 0 Å². The van der Waals surface area contributed by atoms with Crippen molar-refractivity contribution >= 4 is 17.2 Å². The number of carbonyl (C=O) groups excluding carboxylic acids is 1. The number of carbonyl (C=O) groups is 1. The van der Waals surface area contributed by atoms with E-state index >= 15 is 0 Å². The monoisotopic (exact) mass is 332 g/mol. The van der Waals surface area contributed by atoms with Gasteiger partial charge in [0.1, 0.15) is 10.8 Å². The first kappa shape index (κ1) is 16.1. The maximum atomic E-state index is 13.9. The number of aryl methyl sites for hydroxylation is 1. The van der Waals surface area contributed by atoms with Gasteiger partial charge in [0.25, 0.3) is 0 Å². The molecule has 1 aromatic carbocycles. The second-order valence-electron chi connectivity index (χ2n) is 6.25. The van der Waals surface area contributed by atoms with Crippen molar-refractivity contribution in [2.24, 2.45) is 5.92 Å². The Morgan fingerprint density at radius 1 is 1.35 bits per heavy atom. The summed E-state index contributed by atoms with van der Waals surface area (Å²) < 4.78 is 13.9. The smallest absolute Gasteiger partial charge is 0.227 e. The molecule has 0 spiro atoms. The number of halogens is 1. The first-order chi connectivity index (χ1) is 11.0. The molecular formula is C18H21FN2OS. The molecule has 23 heavy (non-hydrogen) atoms. The fourth-order valence-corrected chi connectivity index (χ4v) is 3.93. The number of thiazole rings is 1. The third kappa shape index (κ3) is 3.61. The SMILES string of the molecule is Cc1nc(-c2ccccc2F)sc1CC(=O)N1CCC(C)CC1. The van der Waals surface area contributed by atoms with Gasteiger partial charge < -0.3 is 4.90 Å². The van der Waals surface area contributed by atoms with Gasteiger partial charge in [0, 0.05) is 23.5 Å². The van der Waals surface area contributed by atoms with Crippen LogP contribution in [0.25, 0.3) is 10.6 Å². The van der Waals surface area contributed by atoms with Gasteiger partial charge in [-0.2, -0.15) is 0 Å². The molecule has 0 unspecified atom stereocenters. The second-order valence-corrected chi connectivity index (χ2v) is 7.33. The standard InChI is InChI=1S/C18H21FN2OS/c1-12-7-9-21(10-8-12)17(22)11-16-13(2)20-18(23-16)14-5-3-4-6-15(14)19/h3-6,12H,7-11H2,1-2H3. The van der Waals surface area contributed by atoms with Crippen LogP contribution in [0.1, 0.15) is 30.3 Å². The molecule has 1 aliphatic heterocycles. The van der Waals surface area contributed by atoms with E-state index in [-0.39, 0.29) is 11.7 Å². The van der Waals surface area contributed by atoms with Crippen molar-refractivity contribution in [3.8, 4) is 10.6 Å². The number of rotatable bonds is 3. The first-order valence-corrected chi connectivity index (χ1v) is 8.85. The first-order valence-electron chi connectivity index (χ1n) is 8.03. The van der Waals surface area contributed by atoms with Crippen molar-refractivity contribution in [2.45, 2.75) is 33.1 Å². The summed E-state index contributed by atoms with van der Waals surface area (Å²) in [5, 5.41) is 0.649. The number of hydrogen-bond acceptors (Lipinski definition) is 3. The lowest BCUT2D eigenvalue weighted by Crippen LogP contribution is -2.38. The number of likely N-dealkylation sites (tertiary alicyclic amines) is 1. The van der Waals surface area contributed by atoms with Crippen LogP contribution in [-0.2, 0) is 11.2 Å². The van der Waals surface area contributed by atoms with E-state index in [0.29, 0.717) is 22.9 Å². The summed E-state index contributed by atoms with van der Waals surface area (Å²) in [6, 6.07) is 6.63. The van der Waals surface area contributed by atoms with Crippen molar-refractivity contribution in [3.05, 3.63) is 40.7 Å². The van der Waals surface area contributed by atoms with E-state index in [1.54, 1.807) is 18.2 Å². The fraction of sp³-hybridized carbons (Fsp3) is 0.444. The Morgan fingerprint density at radius 2 is 2.04 bits per heavy atom. The maximum absolute atomic E-state index is 13.9. The van der Waals surface area contributed by atoms with E-state index in [1.165, 1.54) is 17.4 Å². The lowest BCUT2D eigenvalue weighted by atomic mass is 9.99. The van der Waals surface area contributed by atoms with Crippen molar-refractivity contribution in [2.75, 3.05) is 13.1 Å². The van der Waals surface area contributed by atoms with Crippen molar-refractivity contribution < 1.29 is 9.18 Å². The summed E-state index contributed by atoms with van der Waals surface area (Å²) in [5.74, 6) is 0.588. The van der Waals surface area contributed by atoms with Gasteiger partial charge in [-0.3, -0.25) is 4.79 Å². The Balaban J connectivity index is 1.74. The van der Waals surface area contributed by atoms with Crippen molar-refractivity contribution in [1.29, 1.82) is 0 Å². The average Bonchev–Trinajstić information content (AvgIpc) is 2.89. The highest BCUT2D eigenvalue weighted by Crippen LogP contribution is 2.30. The summed E-state index contributed by atoms with van der Waals surface area (Å²) in [7, 11) is 0. The number of nitrogens with zero attached hydrogens (tertiary/aromatic N) is 2. The molecule has 3 nitrogen and oxygen atoms in total. The lowest BCUT2D eigenvalue weighted by Gasteiger charge is -2.30. The van der Waals surface area contributed by atoms with Crippen LogP contribution in [0.2, 0.25) is 0 Å². The highest BCUT2D eigenvalue weighted by molar-refractivity contribution is 7.15. The molecule has 0 radical (unpaired) electrons. The minimum absolute atomic E-state index is 0.156. The van der Waals surface area contributed by atoms with E-state index in [1.807, 2.05) is 11.8 Å². The van der Waals surface area contributed by atoms with E-state index in [4.69, 9.17) is 0 Å². The third-order valence-corrected chi connectivity index (χ3v) is 5.64. The molecule has 0 aliphatic carbocycles. The van der Waals surface area contributed by atoms with Crippen LogP contribution in [0.5, 0.6) is 0 Å². The van der Waals surface area contributed by atoms with Gasteiger partial charge in [0.05, 0.1) is 12.1 Å². The van der Waals surface area contributed by atoms with Crippen LogP contribution in [0.3, 0.4) is 0 Å². The topological polar surface area (TPSA) is 33.2 Å². The van der Waals surface area contributed by atoms with E-state index in [2.05, 4.69) is 11.9 Å². The highest BCUT2D eigenvalue weighted by atomic mass is 32.1. The zero-order valence-corrected chi connectivity index (χ0v) is 14.3. The zero-order valence-electron chi connectivity index (χ0n) is 13.5. The molecule has 1 aromatic heterocycles. The van der Waals surface area contributed by atoms with Crippen LogP contribution >= 0.6 is 11.3 Å². The molecule has 3 rings (SSSR count). The van der Waals surface area contributed by atoms with Gasteiger partial charge in [-0.15, -0.1) is 11.3 Å². The summed E-state index contributed by atoms with van der Waals surface area (Å²) in [6.07, 6.45) is 2.52. The summed E-state index contributed by atoms with van der Waals surface area (Å²) in [5.41, 5.74) is 1.33. The summed E-state index contributed by atoms with van der Waals surface area (Å²) in [4.78, 5) is 19.8. The molecule has 5 heteroatoms. The highest BCUT2D eigenvalue weighted by Gasteiger charge is 2.22. The molecule has 2 heterocycles. The van der Waals surface area contributed by atoms with Crippen LogP contribution in [-0.4, -0.2) is 28.9 Å². The summed E-state index contributed by atoms with van der Waals surface area (Å²) in [6.45, 7) is 5.81. The van der Waals surface area contributed by atoms with Crippen molar-refractivity contribution in [3.63, 3.8) is 0 Å². The van der Waals surface area contributed by atoms with Gasteiger partial charge in [-0.1, -0.05) is 19.1 Å². The molecule has 0 atom stereocenters. The average molecular weight is 332 g/mol. The van der Waals surface area contributed by atoms with Crippen molar-refractivity contribution in [1.82, 2.24) is 9.88 Å². The van der Waals surface area contributed by atoms with Crippen LogP contribution < -0.4 is 0 Å². The largest absolute Gasteiger partial charge is 0.342 e. The summed E-state index contributed by atoms with van der Waals surface area (Å²) >= 11 is 1.42. The van der Waals surface area contributed by atoms with Gasteiger partial charge in [-0.25, -0.2) is 9.37 Å². The minimum Gasteiger partial charge on any atom is -0.342 e. The predicted molar refractivity (Wildman–Crippen MR) is 90.9 cm³/mol. The van der Waals surface area contributed by atoms with E-state index < -0.39 is 0 Å². The van der Waals surface area contributed by atoms with Crippen LogP contribution in [0.15, 0.2) is 24.3 Å². The van der Waals surface area contributed by atoms with Gasteiger partial charge in [0.2, 0.25) is 5.91 Å². The molecule has 1 aliphatic rings. The predicted octanol–water partition coefficient (Wildman–Crippen LogP) is 4.06.